The van der Waals surface area contributed by atoms with Crippen molar-refractivity contribution < 1.29 is 9.53 Å². The monoisotopic (exact) mass is 290 g/mol. The quantitative estimate of drug-likeness (QED) is 0.928. The van der Waals surface area contributed by atoms with E-state index in [-0.39, 0.29) is 0 Å². The predicted molar refractivity (Wildman–Crippen MR) is 81.9 cm³/mol. The van der Waals surface area contributed by atoms with Gasteiger partial charge >= 0.3 is 6.09 Å². The zero-order valence-corrected chi connectivity index (χ0v) is 12.0. The van der Waals surface area contributed by atoms with Gasteiger partial charge in [0.1, 0.15) is 5.75 Å². The van der Waals surface area contributed by atoms with Crippen molar-refractivity contribution in [3.8, 4) is 5.75 Å². The first kappa shape index (κ1) is 14.2. The van der Waals surface area contributed by atoms with Crippen molar-refractivity contribution in [2.24, 2.45) is 0 Å². The van der Waals surface area contributed by atoms with Gasteiger partial charge in [-0.15, -0.1) is 0 Å². The number of halogens is 1. The molecule has 0 saturated carbocycles. The zero-order valence-electron chi connectivity index (χ0n) is 11.3. The molecule has 0 aliphatic heterocycles. The second-order valence-corrected chi connectivity index (χ2v) is 4.80. The fourth-order valence-corrected chi connectivity index (χ4v) is 2.04. The molecule has 20 heavy (non-hydrogen) atoms. The number of para-hydroxylation sites is 1. The van der Waals surface area contributed by atoms with Crippen LogP contribution in [-0.4, -0.2) is 20.2 Å². The molecule has 1 amide bonds. The maximum Gasteiger partial charge on any atom is 0.417 e. The Morgan fingerprint density at radius 2 is 1.85 bits per heavy atom. The number of hydrogen-bond acceptors (Lipinski definition) is 3. The molecule has 0 bridgehead atoms. The van der Waals surface area contributed by atoms with Crippen LogP contribution in [0.3, 0.4) is 0 Å². The van der Waals surface area contributed by atoms with Gasteiger partial charge in [0, 0.05) is 19.8 Å². The second-order valence-electron chi connectivity index (χ2n) is 4.39. The maximum atomic E-state index is 11.7. The van der Waals surface area contributed by atoms with Crippen LogP contribution in [0.5, 0.6) is 5.75 Å². The Kier molecular flexibility index (Phi) is 4.48. The maximum absolute atomic E-state index is 11.7. The van der Waals surface area contributed by atoms with Gasteiger partial charge in [0.2, 0.25) is 0 Å². The van der Waals surface area contributed by atoms with Gasteiger partial charge in [0.25, 0.3) is 0 Å². The first-order valence-corrected chi connectivity index (χ1v) is 6.45. The summed E-state index contributed by atoms with van der Waals surface area (Å²) in [5, 5.41) is 3.20. The Hall–Kier alpha value is -2.20. The van der Waals surface area contributed by atoms with Crippen LogP contribution in [0, 0.1) is 0 Å². The Morgan fingerprint density at radius 3 is 2.45 bits per heavy atom. The third kappa shape index (κ3) is 3.65. The Bertz CT molecular complexity index is 600. The summed E-state index contributed by atoms with van der Waals surface area (Å²) in [4.78, 5) is 13.6. The van der Waals surface area contributed by atoms with Gasteiger partial charge in [0.15, 0.2) is 0 Å². The number of benzene rings is 2. The number of carbonyl (C=O) groups is 1. The molecule has 0 radical (unpaired) electrons. The van der Waals surface area contributed by atoms with E-state index in [1.165, 1.54) is 0 Å². The molecule has 2 aromatic carbocycles. The highest BCUT2D eigenvalue weighted by Crippen LogP contribution is 2.27. The van der Waals surface area contributed by atoms with Crippen molar-refractivity contribution in [1.82, 2.24) is 0 Å². The number of nitrogens with one attached hydrogen (secondary N) is 1. The fourth-order valence-electron chi connectivity index (χ4n) is 1.69. The molecule has 0 heterocycles. The average Bonchev–Trinajstić information content (AvgIpc) is 2.39. The molecule has 5 heteroatoms. The van der Waals surface area contributed by atoms with Crippen molar-refractivity contribution in [3.63, 3.8) is 0 Å². The van der Waals surface area contributed by atoms with Crippen molar-refractivity contribution in [2.75, 3.05) is 24.3 Å². The van der Waals surface area contributed by atoms with E-state index in [4.69, 9.17) is 16.3 Å². The number of carbonyl (C=O) groups excluding carboxylic acids is 1. The number of anilines is 2. The lowest BCUT2D eigenvalue weighted by Gasteiger charge is -2.15. The number of amides is 1. The molecule has 0 aliphatic rings. The minimum atomic E-state index is -0.551. The largest absolute Gasteiger partial charge is 0.417 e. The average molecular weight is 291 g/mol. The lowest BCUT2D eigenvalue weighted by Crippen LogP contribution is -2.17. The first-order chi connectivity index (χ1) is 9.56. The summed E-state index contributed by atoms with van der Waals surface area (Å²) >= 11 is 6.13. The van der Waals surface area contributed by atoms with Gasteiger partial charge in [-0.05, 0) is 30.3 Å². The topological polar surface area (TPSA) is 41.6 Å². The summed E-state index contributed by atoms with van der Waals surface area (Å²) in [5.41, 5.74) is 1.47. The molecular weight excluding hydrogens is 276 g/mol. The Labute approximate surface area is 122 Å². The van der Waals surface area contributed by atoms with Crippen molar-refractivity contribution in [3.05, 3.63) is 53.6 Å². The van der Waals surface area contributed by atoms with Crippen LogP contribution < -0.4 is 15.0 Å². The van der Waals surface area contributed by atoms with E-state index >= 15 is 0 Å². The van der Waals surface area contributed by atoms with E-state index < -0.39 is 6.09 Å². The van der Waals surface area contributed by atoms with Crippen LogP contribution in [0.4, 0.5) is 16.2 Å². The molecular formula is C15H15ClN2O2. The molecule has 1 N–H and O–H groups in total. The molecule has 2 aromatic rings. The lowest BCUT2D eigenvalue weighted by molar-refractivity contribution is 0.215. The summed E-state index contributed by atoms with van der Waals surface area (Å²) in [6.07, 6.45) is -0.551. The molecule has 2 rings (SSSR count). The number of hydrogen-bond donors (Lipinski definition) is 1. The minimum absolute atomic E-state index is 0.487. The summed E-state index contributed by atoms with van der Waals surface area (Å²) in [7, 11) is 3.80. The lowest BCUT2D eigenvalue weighted by atomic mass is 10.2. The van der Waals surface area contributed by atoms with Crippen molar-refractivity contribution >= 4 is 29.1 Å². The third-order valence-electron chi connectivity index (χ3n) is 2.63. The van der Waals surface area contributed by atoms with Crippen molar-refractivity contribution in [2.45, 2.75) is 0 Å². The van der Waals surface area contributed by atoms with E-state index in [9.17, 15) is 4.79 Å². The van der Waals surface area contributed by atoms with E-state index in [2.05, 4.69) is 5.32 Å². The van der Waals surface area contributed by atoms with Gasteiger partial charge in [-0.2, -0.15) is 0 Å². The van der Waals surface area contributed by atoms with Crippen LogP contribution in [0.25, 0.3) is 0 Å². The number of rotatable bonds is 3. The summed E-state index contributed by atoms with van der Waals surface area (Å²) in [6.45, 7) is 0. The summed E-state index contributed by atoms with van der Waals surface area (Å²) < 4.78 is 5.13. The van der Waals surface area contributed by atoms with Crippen LogP contribution in [0.2, 0.25) is 5.02 Å². The van der Waals surface area contributed by atoms with Gasteiger partial charge in [-0.3, -0.25) is 5.32 Å². The van der Waals surface area contributed by atoms with Gasteiger partial charge in [-0.1, -0.05) is 29.8 Å². The van der Waals surface area contributed by atoms with Crippen LogP contribution in [-0.2, 0) is 0 Å². The van der Waals surface area contributed by atoms with Gasteiger partial charge in [0.05, 0.1) is 10.7 Å². The van der Waals surface area contributed by atoms with E-state index in [0.717, 1.165) is 5.69 Å². The highest BCUT2D eigenvalue weighted by Gasteiger charge is 2.08. The van der Waals surface area contributed by atoms with Crippen LogP contribution >= 0.6 is 11.6 Å². The van der Waals surface area contributed by atoms with E-state index in [1.807, 2.05) is 31.1 Å². The van der Waals surface area contributed by atoms with Crippen LogP contribution in [0.1, 0.15) is 0 Å². The first-order valence-electron chi connectivity index (χ1n) is 6.07. The molecule has 0 fully saturated rings. The standard InChI is InChI=1S/C15H15ClN2O2/c1-18(2)14-9-8-11(10-13(14)16)17-15(19)20-12-6-4-3-5-7-12/h3-10H,1-2H3,(H,17,19). The molecule has 0 saturated heterocycles. The molecule has 0 aromatic heterocycles. The fraction of sp³-hybridized carbons (Fsp3) is 0.133. The molecule has 0 unspecified atom stereocenters. The van der Waals surface area contributed by atoms with Crippen LogP contribution in [0.15, 0.2) is 48.5 Å². The molecule has 0 atom stereocenters. The number of nitrogens with zero attached hydrogens (tertiary/aromatic N) is 1. The second kappa shape index (κ2) is 6.30. The molecule has 0 aliphatic carbocycles. The summed E-state index contributed by atoms with van der Waals surface area (Å²) in [5.74, 6) is 0.487. The zero-order chi connectivity index (χ0) is 14.5. The normalized spacial score (nSPS) is 9.95. The number of ether oxygens (including phenoxy) is 1. The van der Waals surface area contributed by atoms with E-state index in [1.54, 1.807) is 36.4 Å². The molecule has 104 valence electrons. The molecule has 0 spiro atoms. The summed E-state index contributed by atoms with van der Waals surface area (Å²) in [6, 6.07) is 14.2. The highest BCUT2D eigenvalue weighted by atomic mass is 35.5. The Balaban J connectivity index is 2.03. The SMILES string of the molecule is CN(C)c1ccc(NC(=O)Oc2ccccc2)cc1Cl. The van der Waals surface area contributed by atoms with Gasteiger partial charge in [-0.25, -0.2) is 4.79 Å². The van der Waals surface area contributed by atoms with Crippen molar-refractivity contribution in [1.29, 1.82) is 0 Å². The van der Waals surface area contributed by atoms with E-state index in [0.29, 0.717) is 16.5 Å². The highest BCUT2D eigenvalue weighted by molar-refractivity contribution is 6.33. The van der Waals surface area contributed by atoms with Gasteiger partial charge < -0.3 is 9.64 Å². The molecule has 4 nitrogen and oxygen atoms in total. The third-order valence-corrected chi connectivity index (χ3v) is 2.93. The minimum Gasteiger partial charge on any atom is -0.410 e. The predicted octanol–water partition coefficient (Wildman–Crippen LogP) is 4.02. The smallest absolute Gasteiger partial charge is 0.410 e. The Morgan fingerprint density at radius 1 is 1.15 bits per heavy atom.